The Labute approximate surface area is 148 Å². The van der Waals surface area contributed by atoms with E-state index in [1.807, 2.05) is 0 Å². The quantitative estimate of drug-likeness (QED) is 0.572. The first-order chi connectivity index (χ1) is 12.4. The van der Waals surface area contributed by atoms with Crippen LogP contribution in [0.15, 0.2) is 84.9 Å². The van der Waals surface area contributed by atoms with E-state index in [9.17, 15) is 0 Å². The summed E-state index contributed by atoms with van der Waals surface area (Å²) in [5.41, 5.74) is 8.10. The SMILES string of the molecule is NCCOB(c1cccc2ccccc12)c1cccc2ccccc12. The molecule has 0 amide bonds. The number of rotatable bonds is 5. The van der Waals surface area contributed by atoms with Crippen LogP contribution in [-0.4, -0.2) is 20.1 Å². The maximum Gasteiger partial charge on any atom is 0.362 e. The van der Waals surface area contributed by atoms with Crippen molar-refractivity contribution in [3.8, 4) is 0 Å². The van der Waals surface area contributed by atoms with Crippen LogP contribution in [0, 0.1) is 0 Å². The molecular formula is C22H20BNO. The van der Waals surface area contributed by atoms with Crippen molar-refractivity contribution < 1.29 is 4.65 Å². The summed E-state index contributed by atoms with van der Waals surface area (Å²) in [5, 5.41) is 4.89. The fraction of sp³-hybridized carbons (Fsp3) is 0.0909. The molecule has 0 saturated heterocycles. The molecule has 0 fully saturated rings. The van der Waals surface area contributed by atoms with Gasteiger partial charge >= 0.3 is 6.92 Å². The van der Waals surface area contributed by atoms with Gasteiger partial charge in [0, 0.05) is 13.2 Å². The predicted octanol–water partition coefficient (Wildman–Crippen LogP) is 3.07. The highest BCUT2D eigenvalue weighted by Gasteiger charge is 2.25. The minimum Gasteiger partial charge on any atom is -0.426 e. The Balaban J connectivity index is 1.94. The van der Waals surface area contributed by atoms with Crippen molar-refractivity contribution in [1.29, 1.82) is 0 Å². The van der Waals surface area contributed by atoms with Crippen LogP contribution in [0.3, 0.4) is 0 Å². The normalized spacial score (nSPS) is 11.1. The van der Waals surface area contributed by atoms with Crippen LogP contribution >= 0.6 is 0 Å². The average Bonchev–Trinajstić information content (AvgIpc) is 2.68. The molecule has 0 bridgehead atoms. The maximum absolute atomic E-state index is 6.25. The first-order valence-corrected chi connectivity index (χ1v) is 8.65. The molecule has 0 radical (unpaired) electrons. The van der Waals surface area contributed by atoms with Gasteiger partial charge in [-0.15, -0.1) is 0 Å². The molecule has 0 aliphatic rings. The third-order valence-electron chi connectivity index (χ3n) is 4.61. The van der Waals surface area contributed by atoms with Gasteiger partial charge in [0.1, 0.15) is 0 Å². The van der Waals surface area contributed by atoms with Crippen molar-refractivity contribution in [3.63, 3.8) is 0 Å². The maximum atomic E-state index is 6.25. The molecule has 4 aromatic carbocycles. The van der Waals surface area contributed by atoms with Gasteiger partial charge in [0.15, 0.2) is 0 Å². The van der Waals surface area contributed by atoms with Gasteiger partial charge in [-0.05, 0) is 32.5 Å². The smallest absolute Gasteiger partial charge is 0.362 e. The van der Waals surface area contributed by atoms with Gasteiger partial charge in [-0.25, -0.2) is 0 Å². The third kappa shape index (κ3) is 3.04. The Morgan fingerprint density at radius 1 is 0.640 bits per heavy atom. The number of benzene rings is 4. The van der Waals surface area contributed by atoms with Crippen LogP contribution in [0.1, 0.15) is 0 Å². The summed E-state index contributed by atoms with van der Waals surface area (Å²) in [6.07, 6.45) is 0. The van der Waals surface area contributed by atoms with Gasteiger partial charge in [0.25, 0.3) is 0 Å². The second kappa shape index (κ2) is 7.10. The van der Waals surface area contributed by atoms with E-state index in [0.717, 1.165) is 0 Å². The summed E-state index contributed by atoms with van der Waals surface area (Å²) in [7, 11) is 0. The lowest BCUT2D eigenvalue weighted by Gasteiger charge is -2.19. The van der Waals surface area contributed by atoms with E-state index >= 15 is 0 Å². The Kier molecular flexibility index (Phi) is 4.51. The zero-order chi connectivity index (χ0) is 17.1. The molecule has 3 heteroatoms. The predicted molar refractivity (Wildman–Crippen MR) is 108 cm³/mol. The van der Waals surface area contributed by atoms with Crippen molar-refractivity contribution in [1.82, 2.24) is 0 Å². The molecule has 2 nitrogen and oxygen atoms in total. The summed E-state index contributed by atoms with van der Waals surface area (Å²) in [6, 6.07) is 29.7. The van der Waals surface area contributed by atoms with Crippen molar-refractivity contribution in [2.45, 2.75) is 0 Å². The molecule has 0 aliphatic carbocycles. The molecule has 0 aliphatic heterocycles. The zero-order valence-corrected chi connectivity index (χ0v) is 14.1. The van der Waals surface area contributed by atoms with E-state index in [2.05, 4.69) is 84.9 Å². The highest BCUT2D eigenvalue weighted by atomic mass is 16.4. The van der Waals surface area contributed by atoms with Crippen LogP contribution in [0.5, 0.6) is 0 Å². The molecule has 0 heterocycles. The summed E-state index contributed by atoms with van der Waals surface area (Å²) in [5.74, 6) is 0. The molecular weight excluding hydrogens is 305 g/mol. The summed E-state index contributed by atoms with van der Waals surface area (Å²) in [6.45, 7) is 0.893. The van der Waals surface area contributed by atoms with Crippen molar-refractivity contribution in [3.05, 3.63) is 84.9 Å². The lowest BCUT2D eigenvalue weighted by molar-refractivity contribution is 0.345. The Morgan fingerprint density at radius 2 is 1.12 bits per heavy atom. The average molecular weight is 325 g/mol. The second-order valence-electron chi connectivity index (χ2n) is 6.18. The topological polar surface area (TPSA) is 35.2 Å². The van der Waals surface area contributed by atoms with Gasteiger partial charge < -0.3 is 10.4 Å². The molecule has 0 unspecified atom stereocenters. The van der Waals surface area contributed by atoms with E-state index in [-0.39, 0.29) is 6.92 Å². The highest BCUT2D eigenvalue weighted by Crippen LogP contribution is 2.15. The zero-order valence-electron chi connectivity index (χ0n) is 14.1. The number of fused-ring (bicyclic) bond motifs is 2. The Bertz CT molecular complexity index is 925. The van der Waals surface area contributed by atoms with Gasteiger partial charge in [0.05, 0.1) is 0 Å². The Hall–Kier alpha value is -2.62. The lowest BCUT2D eigenvalue weighted by atomic mass is 9.53. The number of nitrogens with two attached hydrogens (primary N) is 1. The molecule has 122 valence electrons. The highest BCUT2D eigenvalue weighted by molar-refractivity contribution is 6.83. The second-order valence-corrected chi connectivity index (χ2v) is 6.18. The van der Waals surface area contributed by atoms with Gasteiger partial charge in [-0.1, -0.05) is 84.9 Å². The summed E-state index contributed by atoms with van der Waals surface area (Å²) in [4.78, 5) is 0. The van der Waals surface area contributed by atoms with Crippen LogP contribution in [0.4, 0.5) is 0 Å². The van der Waals surface area contributed by atoms with Crippen LogP contribution in [-0.2, 0) is 4.65 Å². The van der Waals surface area contributed by atoms with Gasteiger partial charge in [-0.3, -0.25) is 0 Å². The van der Waals surface area contributed by atoms with Crippen LogP contribution in [0.2, 0.25) is 0 Å². The minimum absolute atomic E-state index is 0.138. The largest absolute Gasteiger partial charge is 0.426 e. The van der Waals surface area contributed by atoms with E-state index < -0.39 is 0 Å². The molecule has 0 atom stereocenters. The van der Waals surface area contributed by atoms with Gasteiger partial charge in [0.2, 0.25) is 0 Å². The monoisotopic (exact) mass is 325 g/mol. The van der Waals surface area contributed by atoms with Crippen molar-refractivity contribution >= 4 is 39.4 Å². The van der Waals surface area contributed by atoms with Crippen LogP contribution < -0.4 is 16.7 Å². The molecule has 4 aromatic rings. The molecule has 0 aromatic heterocycles. The first kappa shape index (κ1) is 15.9. The fourth-order valence-corrected chi connectivity index (χ4v) is 3.49. The minimum atomic E-state index is -0.138. The van der Waals surface area contributed by atoms with E-state index in [1.165, 1.54) is 32.5 Å². The molecule has 0 spiro atoms. The standard InChI is InChI=1S/C22H20BNO/c24-15-16-25-23(21-13-5-9-17-7-1-3-11-19(17)21)22-14-6-10-18-8-2-4-12-20(18)22/h1-14H,15-16,24H2. The number of hydrogen-bond acceptors (Lipinski definition) is 2. The van der Waals surface area contributed by atoms with E-state index in [1.54, 1.807) is 0 Å². The van der Waals surface area contributed by atoms with Gasteiger partial charge in [-0.2, -0.15) is 0 Å². The molecule has 0 saturated carbocycles. The van der Waals surface area contributed by atoms with E-state index in [4.69, 9.17) is 10.4 Å². The van der Waals surface area contributed by atoms with Crippen molar-refractivity contribution in [2.24, 2.45) is 5.73 Å². The summed E-state index contributed by atoms with van der Waals surface area (Å²) >= 11 is 0. The summed E-state index contributed by atoms with van der Waals surface area (Å²) < 4.78 is 6.25. The molecule has 25 heavy (non-hydrogen) atoms. The first-order valence-electron chi connectivity index (χ1n) is 8.65. The van der Waals surface area contributed by atoms with Crippen LogP contribution in [0.25, 0.3) is 21.5 Å². The third-order valence-corrected chi connectivity index (χ3v) is 4.61. The fourth-order valence-electron chi connectivity index (χ4n) is 3.49. The molecule has 4 rings (SSSR count). The van der Waals surface area contributed by atoms with E-state index in [0.29, 0.717) is 13.2 Å². The van der Waals surface area contributed by atoms with Crippen molar-refractivity contribution in [2.75, 3.05) is 13.2 Å². The lowest BCUT2D eigenvalue weighted by Crippen LogP contribution is -2.46. The molecule has 2 N–H and O–H groups in total. The number of hydrogen-bond donors (Lipinski definition) is 1. The Morgan fingerprint density at radius 3 is 1.64 bits per heavy atom.